The van der Waals surface area contributed by atoms with Gasteiger partial charge in [0.05, 0.1) is 11.7 Å². The first kappa shape index (κ1) is 7.67. The molecule has 0 atom stereocenters. The molecule has 1 aliphatic carbocycles. The summed E-state index contributed by atoms with van der Waals surface area (Å²) in [6, 6.07) is 0. The van der Waals surface area contributed by atoms with E-state index in [1.165, 1.54) is 0 Å². The lowest BCUT2D eigenvalue weighted by Crippen LogP contribution is -2.18. The highest BCUT2D eigenvalue weighted by molar-refractivity contribution is 5.13. The smallest absolute Gasteiger partial charge is 0.297 e. The molecule has 66 valence electrons. The van der Waals surface area contributed by atoms with Crippen molar-refractivity contribution in [3.8, 4) is 0 Å². The predicted molar refractivity (Wildman–Crippen MR) is 36.6 cm³/mol. The fourth-order valence-corrected chi connectivity index (χ4v) is 0.966. The maximum atomic E-state index is 12.0. The number of oxazole rings is 1. The minimum atomic E-state index is -2.60. The summed E-state index contributed by atoms with van der Waals surface area (Å²) >= 11 is 0. The second-order valence-corrected chi connectivity index (χ2v) is 3.02. The number of rotatable bonds is 2. The zero-order valence-electron chi connectivity index (χ0n) is 6.26. The van der Waals surface area contributed by atoms with Crippen molar-refractivity contribution in [1.29, 1.82) is 0 Å². The molecule has 0 amide bonds. The van der Waals surface area contributed by atoms with Crippen LogP contribution in [0.15, 0.2) is 10.6 Å². The molecular formula is C7H8F2N2O. The molecule has 12 heavy (non-hydrogen) atoms. The Hall–Kier alpha value is -0.970. The lowest BCUT2D eigenvalue weighted by atomic mass is 10.3. The van der Waals surface area contributed by atoms with Crippen LogP contribution < -0.4 is 5.73 Å². The molecule has 1 aromatic heterocycles. The summed E-state index contributed by atoms with van der Waals surface area (Å²) in [5.41, 5.74) is 5.12. The molecule has 0 radical (unpaired) electrons. The van der Waals surface area contributed by atoms with Gasteiger partial charge in [-0.1, -0.05) is 0 Å². The van der Waals surface area contributed by atoms with Gasteiger partial charge in [0.25, 0.3) is 6.43 Å². The Morgan fingerprint density at radius 3 is 2.67 bits per heavy atom. The lowest BCUT2D eigenvalue weighted by molar-refractivity contribution is 0.118. The van der Waals surface area contributed by atoms with Gasteiger partial charge in [0.2, 0.25) is 5.89 Å². The number of hydrogen-bond acceptors (Lipinski definition) is 3. The van der Waals surface area contributed by atoms with E-state index in [1.54, 1.807) is 0 Å². The molecule has 5 heteroatoms. The van der Waals surface area contributed by atoms with Crippen LogP contribution in [0.3, 0.4) is 0 Å². The van der Waals surface area contributed by atoms with Crippen LogP contribution >= 0.6 is 0 Å². The van der Waals surface area contributed by atoms with Crippen molar-refractivity contribution in [1.82, 2.24) is 4.98 Å². The molecule has 0 aliphatic heterocycles. The first-order valence-electron chi connectivity index (χ1n) is 3.65. The summed E-state index contributed by atoms with van der Waals surface area (Å²) in [5.74, 6) is -0.167. The SMILES string of the molecule is NC1(c2ncc(C(F)F)o2)CC1. The maximum absolute atomic E-state index is 12.0. The Morgan fingerprint density at radius 2 is 2.25 bits per heavy atom. The van der Waals surface area contributed by atoms with E-state index in [9.17, 15) is 8.78 Å². The van der Waals surface area contributed by atoms with E-state index in [0.717, 1.165) is 19.0 Å². The van der Waals surface area contributed by atoms with Crippen LogP contribution in [0.5, 0.6) is 0 Å². The summed E-state index contributed by atoms with van der Waals surface area (Å²) in [5, 5.41) is 0. The van der Waals surface area contributed by atoms with E-state index in [4.69, 9.17) is 10.2 Å². The minimum Gasteiger partial charge on any atom is -0.438 e. The number of aromatic nitrogens is 1. The number of nitrogens with two attached hydrogens (primary N) is 1. The third-order valence-electron chi connectivity index (χ3n) is 1.95. The van der Waals surface area contributed by atoms with Crippen molar-refractivity contribution >= 4 is 0 Å². The van der Waals surface area contributed by atoms with Gasteiger partial charge in [0, 0.05) is 0 Å². The van der Waals surface area contributed by atoms with Gasteiger partial charge in [-0.3, -0.25) is 0 Å². The van der Waals surface area contributed by atoms with Crippen molar-refractivity contribution in [2.24, 2.45) is 5.73 Å². The third kappa shape index (κ3) is 1.10. The molecule has 0 bridgehead atoms. The Labute approximate surface area is 67.6 Å². The normalized spacial score (nSPS) is 20.0. The summed E-state index contributed by atoms with van der Waals surface area (Å²) in [4.78, 5) is 3.70. The first-order chi connectivity index (χ1) is 5.62. The van der Waals surface area contributed by atoms with Gasteiger partial charge >= 0.3 is 0 Å². The van der Waals surface area contributed by atoms with Gasteiger partial charge in [-0.05, 0) is 12.8 Å². The zero-order chi connectivity index (χ0) is 8.77. The maximum Gasteiger partial charge on any atom is 0.297 e. The largest absolute Gasteiger partial charge is 0.438 e. The van der Waals surface area contributed by atoms with E-state index in [1.807, 2.05) is 0 Å². The van der Waals surface area contributed by atoms with Gasteiger partial charge in [-0.25, -0.2) is 13.8 Å². The number of alkyl halides is 2. The molecule has 0 unspecified atom stereocenters. The molecule has 1 saturated carbocycles. The number of nitrogens with zero attached hydrogens (tertiary/aromatic N) is 1. The molecule has 0 spiro atoms. The molecule has 2 rings (SSSR count). The highest BCUT2D eigenvalue weighted by Gasteiger charge is 2.45. The van der Waals surface area contributed by atoms with Gasteiger partial charge < -0.3 is 10.2 Å². The molecule has 1 fully saturated rings. The van der Waals surface area contributed by atoms with Crippen molar-refractivity contribution in [3.05, 3.63) is 17.8 Å². The van der Waals surface area contributed by atoms with Gasteiger partial charge in [-0.2, -0.15) is 0 Å². The van der Waals surface area contributed by atoms with Gasteiger partial charge in [-0.15, -0.1) is 0 Å². The third-order valence-corrected chi connectivity index (χ3v) is 1.95. The molecule has 1 heterocycles. The van der Waals surface area contributed by atoms with Crippen LogP contribution in [-0.2, 0) is 5.54 Å². The highest BCUT2D eigenvalue weighted by Crippen LogP contribution is 2.42. The van der Waals surface area contributed by atoms with Crippen molar-refractivity contribution in [3.63, 3.8) is 0 Å². The predicted octanol–water partition coefficient (Wildman–Crippen LogP) is 1.56. The fraction of sp³-hybridized carbons (Fsp3) is 0.571. The second-order valence-electron chi connectivity index (χ2n) is 3.02. The Bertz CT molecular complexity index is 293. The molecule has 0 saturated heterocycles. The van der Waals surface area contributed by atoms with Crippen molar-refractivity contribution in [2.45, 2.75) is 24.8 Å². The highest BCUT2D eigenvalue weighted by atomic mass is 19.3. The lowest BCUT2D eigenvalue weighted by Gasteiger charge is -2.00. The monoisotopic (exact) mass is 174 g/mol. The van der Waals surface area contributed by atoms with Crippen molar-refractivity contribution < 1.29 is 13.2 Å². The van der Waals surface area contributed by atoms with E-state index >= 15 is 0 Å². The number of halogens is 2. The van der Waals surface area contributed by atoms with E-state index in [2.05, 4.69) is 4.98 Å². The molecule has 1 aromatic rings. The summed E-state index contributed by atoms with van der Waals surface area (Å²) in [6.45, 7) is 0. The Morgan fingerprint density at radius 1 is 1.58 bits per heavy atom. The molecule has 1 aliphatic rings. The summed E-state index contributed by atoms with van der Waals surface area (Å²) < 4.78 is 28.8. The minimum absolute atomic E-state index is 0.234. The van der Waals surface area contributed by atoms with Gasteiger partial charge in [0.15, 0.2) is 5.76 Å². The van der Waals surface area contributed by atoms with Crippen LogP contribution in [-0.4, -0.2) is 4.98 Å². The van der Waals surface area contributed by atoms with Crippen LogP contribution in [0.4, 0.5) is 8.78 Å². The average molecular weight is 174 g/mol. The van der Waals surface area contributed by atoms with E-state index in [-0.39, 0.29) is 5.89 Å². The second kappa shape index (κ2) is 2.26. The van der Waals surface area contributed by atoms with E-state index in [0.29, 0.717) is 0 Å². The van der Waals surface area contributed by atoms with Crippen LogP contribution in [0, 0.1) is 0 Å². The summed E-state index contributed by atoms with van der Waals surface area (Å²) in [6.07, 6.45) is -0.0483. The standard InChI is InChI=1S/C7H8F2N2O/c8-5(9)4-3-11-6(12-4)7(10)1-2-7/h3,5H,1-2,10H2. The Balaban J connectivity index is 2.25. The first-order valence-corrected chi connectivity index (χ1v) is 3.65. The topological polar surface area (TPSA) is 52.0 Å². The van der Waals surface area contributed by atoms with Crippen LogP contribution in [0.25, 0.3) is 0 Å². The molecular weight excluding hydrogens is 166 g/mol. The van der Waals surface area contributed by atoms with Crippen LogP contribution in [0.1, 0.15) is 30.9 Å². The van der Waals surface area contributed by atoms with E-state index < -0.39 is 17.7 Å². The van der Waals surface area contributed by atoms with Crippen LogP contribution in [0.2, 0.25) is 0 Å². The fourth-order valence-electron chi connectivity index (χ4n) is 0.966. The average Bonchev–Trinajstić information content (AvgIpc) is 2.61. The Kier molecular flexibility index (Phi) is 1.44. The molecule has 2 N–H and O–H groups in total. The molecule has 0 aromatic carbocycles. The number of hydrogen-bond donors (Lipinski definition) is 1. The zero-order valence-corrected chi connectivity index (χ0v) is 6.26. The van der Waals surface area contributed by atoms with Gasteiger partial charge in [0.1, 0.15) is 0 Å². The molecule has 3 nitrogen and oxygen atoms in total. The summed E-state index contributed by atoms with van der Waals surface area (Å²) in [7, 11) is 0. The quantitative estimate of drug-likeness (QED) is 0.740. The van der Waals surface area contributed by atoms with Crippen molar-refractivity contribution in [2.75, 3.05) is 0 Å².